The van der Waals surface area contributed by atoms with Crippen LogP contribution < -0.4 is 0 Å². The summed E-state index contributed by atoms with van der Waals surface area (Å²) in [6, 6.07) is 0. The molecule has 2 aliphatic carbocycles. The molecule has 0 heterocycles. The Labute approximate surface area is 77.4 Å². The Bertz CT molecular complexity index is 249. The summed E-state index contributed by atoms with van der Waals surface area (Å²) >= 11 is 0. The number of carbonyl (C=O) groups is 1. The van der Waals surface area contributed by atoms with E-state index in [9.17, 15) is 9.90 Å². The third-order valence-electron chi connectivity index (χ3n) is 3.16. The minimum Gasteiger partial charge on any atom is -0.459 e. The van der Waals surface area contributed by atoms with Crippen molar-refractivity contribution in [1.29, 1.82) is 0 Å². The Morgan fingerprint density at radius 3 is 2.85 bits per heavy atom. The molecule has 0 aromatic carbocycles. The zero-order chi connectivity index (χ0) is 9.47. The van der Waals surface area contributed by atoms with Crippen LogP contribution in [0.1, 0.15) is 25.7 Å². The zero-order valence-electron chi connectivity index (χ0n) is 7.53. The molecule has 13 heavy (non-hydrogen) atoms. The molecule has 0 spiro atoms. The molecule has 0 aromatic rings. The van der Waals surface area contributed by atoms with Crippen LogP contribution in [0.3, 0.4) is 0 Å². The maximum Gasteiger partial charge on any atom is 0.330 e. The van der Waals surface area contributed by atoms with E-state index in [1.54, 1.807) is 0 Å². The molecule has 2 saturated carbocycles. The van der Waals surface area contributed by atoms with Gasteiger partial charge in [0.25, 0.3) is 0 Å². The second kappa shape index (κ2) is 2.84. The molecule has 3 heteroatoms. The van der Waals surface area contributed by atoms with Crippen molar-refractivity contribution in [1.82, 2.24) is 0 Å². The number of rotatable bonds is 2. The Kier molecular flexibility index (Phi) is 1.91. The molecule has 2 fully saturated rings. The van der Waals surface area contributed by atoms with Gasteiger partial charge in [-0.25, -0.2) is 4.79 Å². The number of hydrogen-bond acceptors (Lipinski definition) is 3. The number of esters is 1. The van der Waals surface area contributed by atoms with E-state index in [1.165, 1.54) is 6.08 Å². The van der Waals surface area contributed by atoms with Crippen molar-refractivity contribution in [3.8, 4) is 0 Å². The summed E-state index contributed by atoms with van der Waals surface area (Å²) in [7, 11) is 0. The molecule has 2 bridgehead atoms. The van der Waals surface area contributed by atoms with E-state index in [4.69, 9.17) is 4.74 Å². The van der Waals surface area contributed by atoms with E-state index in [0.29, 0.717) is 12.3 Å². The lowest BCUT2D eigenvalue weighted by molar-refractivity contribution is -0.146. The highest BCUT2D eigenvalue weighted by atomic mass is 16.5. The first-order chi connectivity index (χ1) is 6.13. The van der Waals surface area contributed by atoms with Gasteiger partial charge in [-0.1, -0.05) is 6.58 Å². The van der Waals surface area contributed by atoms with Gasteiger partial charge in [0.1, 0.15) is 6.10 Å². The zero-order valence-corrected chi connectivity index (χ0v) is 7.53. The number of ether oxygens (including phenoxy) is 1. The molecule has 0 saturated heterocycles. The molecular formula is C10H14O3. The van der Waals surface area contributed by atoms with E-state index < -0.39 is 5.60 Å². The van der Waals surface area contributed by atoms with Crippen LogP contribution in [0.2, 0.25) is 0 Å². The van der Waals surface area contributed by atoms with Gasteiger partial charge in [0.2, 0.25) is 0 Å². The van der Waals surface area contributed by atoms with E-state index in [2.05, 4.69) is 6.58 Å². The first-order valence-corrected chi connectivity index (χ1v) is 4.68. The summed E-state index contributed by atoms with van der Waals surface area (Å²) in [4.78, 5) is 10.9. The fourth-order valence-electron chi connectivity index (χ4n) is 2.53. The van der Waals surface area contributed by atoms with Gasteiger partial charge in [-0.2, -0.15) is 0 Å². The highest BCUT2D eigenvalue weighted by molar-refractivity contribution is 5.81. The maximum atomic E-state index is 10.9. The third-order valence-corrected chi connectivity index (χ3v) is 3.16. The van der Waals surface area contributed by atoms with Crippen LogP contribution in [0.5, 0.6) is 0 Å². The molecule has 2 aliphatic rings. The lowest BCUT2D eigenvalue weighted by Gasteiger charge is -2.24. The SMILES string of the molecule is C=CC(=O)OC1CC2(O)CCC1C2. The van der Waals surface area contributed by atoms with Gasteiger partial charge in [-0.3, -0.25) is 0 Å². The molecule has 72 valence electrons. The number of fused-ring (bicyclic) bond motifs is 2. The van der Waals surface area contributed by atoms with E-state index in [0.717, 1.165) is 19.3 Å². The van der Waals surface area contributed by atoms with Gasteiger partial charge in [0, 0.05) is 12.5 Å². The van der Waals surface area contributed by atoms with Crippen molar-refractivity contribution >= 4 is 5.97 Å². The highest BCUT2D eigenvalue weighted by Crippen LogP contribution is 2.48. The first-order valence-electron chi connectivity index (χ1n) is 4.68. The standard InChI is InChI=1S/C10H14O3/c1-2-9(11)13-8-6-10(12)4-3-7(8)5-10/h2,7-8,12H,1,3-6H2. The van der Waals surface area contributed by atoms with Gasteiger partial charge in [-0.15, -0.1) is 0 Å². The van der Waals surface area contributed by atoms with Gasteiger partial charge < -0.3 is 9.84 Å². The van der Waals surface area contributed by atoms with Gasteiger partial charge in [0.05, 0.1) is 5.60 Å². The first kappa shape index (κ1) is 8.75. The van der Waals surface area contributed by atoms with E-state index >= 15 is 0 Å². The molecular weight excluding hydrogens is 168 g/mol. The fraction of sp³-hybridized carbons (Fsp3) is 0.700. The van der Waals surface area contributed by atoms with Crippen molar-refractivity contribution in [3.63, 3.8) is 0 Å². The second-order valence-corrected chi connectivity index (χ2v) is 4.11. The average Bonchev–Trinajstić information content (AvgIpc) is 2.59. The summed E-state index contributed by atoms with van der Waals surface area (Å²) in [5.74, 6) is -0.00458. The summed E-state index contributed by atoms with van der Waals surface area (Å²) in [6.07, 6.45) is 4.34. The molecule has 3 atom stereocenters. The summed E-state index contributed by atoms with van der Waals surface area (Å²) < 4.78 is 5.14. The Morgan fingerprint density at radius 1 is 1.62 bits per heavy atom. The lowest BCUT2D eigenvalue weighted by Crippen LogP contribution is -2.29. The Hall–Kier alpha value is -0.830. The van der Waals surface area contributed by atoms with E-state index in [-0.39, 0.29) is 12.1 Å². The fourth-order valence-corrected chi connectivity index (χ4v) is 2.53. The van der Waals surface area contributed by atoms with Crippen molar-refractivity contribution in [3.05, 3.63) is 12.7 Å². The summed E-state index contributed by atoms with van der Waals surface area (Å²) in [6.45, 7) is 3.35. The minimum atomic E-state index is -0.545. The number of aliphatic hydroxyl groups is 1. The van der Waals surface area contributed by atoms with Crippen LogP contribution in [0.15, 0.2) is 12.7 Å². The van der Waals surface area contributed by atoms with Crippen molar-refractivity contribution in [2.24, 2.45) is 5.92 Å². The summed E-state index contributed by atoms with van der Waals surface area (Å²) in [5.41, 5.74) is -0.545. The summed E-state index contributed by atoms with van der Waals surface area (Å²) in [5, 5.41) is 9.88. The molecule has 2 rings (SSSR count). The van der Waals surface area contributed by atoms with Crippen LogP contribution in [-0.2, 0) is 9.53 Å². The van der Waals surface area contributed by atoms with Gasteiger partial charge in [0.15, 0.2) is 0 Å². The predicted octanol–water partition coefficient (Wildman–Crippen LogP) is 1.02. The van der Waals surface area contributed by atoms with Gasteiger partial charge >= 0.3 is 5.97 Å². The molecule has 0 amide bonds. The number of hydrogen-bond donors (Lipinski definition) is 1. The number of carbonyl (C=O) groups excluding carboxylic acids is 1. The molecule has 0 aliphatic heterocycles. The quantitative estimate of drug-likeness (QED) is 0.512. The topological polar surface area (TPSA) is 46.5 Å². The Balaban J connectivity index is 1.97. The third kappa shape index (κ3) is 1.48. The molecule has 0 aromatic heterocycles. The molecule has 1 N–H and O–H groups in total. The van der Waals surface area contributed by atoms with Gasteiger partial charge in [-0.05, 0) is 25.2 Å². The molecule has 0 radical (unpaired) electrons. The molecule has 3 unspecified atom stereocenters. The monoisotopic (exact) mass is 182 g/mol. The predicted molar refractivity (Wildman–Crippen MR) is 47.0 cm³/mol. The van der Waals surface area contributed by atoms with Crippen LogP contribution in [-0.4, -0.2) is 22.8 Å². The maximum absolute atomic E-state index is 10.9. The van der Waals surface area contributed by atoms with Crippen molar-refractivity contribution in [2.75, 3.05) is 0 Å². The van der Waals surface area contributed by atoms with Crippen LogP contribution in [0.4, 0.5) is 0 Å². The average molecular weight is 182 g/mol. The molecule has 3 nitrogen and oxygen atoms in total. The second-order valence-electron chi connectivity index (χ2n) is 4.11. The van der Waals surface area contributed by atoms with Crippen molar-refractivity contribution < 1.29 is 14.6 Å². The minimum absolute atomic E-state index is 0.0794. The van der Waals surface area contributed by atoms with Crippen LogP contribution >= 0.6 is 0 Å². The lowest BCUT2D eigenvalue weighted by atomic mass is 9.95. The normalized spacial score (nSPS) is 41.9. The smallest absolute Gasteiger partial charge is 0.330 e. The largest absolute Gasteiger partial charge is 0.459 e. The Morgan fingerprint density at radius 2 is 2.38 bits per heavy atom. The highest BCUT2D eigenvalue weighted by Gasteiger charge is 2.50. The van der Waals surface area contributed by atoms with Crippen LogP contribution in [0.25, 0.3) is 0 Å². The van der Waals surface area contributed by atoms with Crippen LogP contribution in [0, 0.1) is 5.92 Å². The van der Waals surface area contributed by atoms with E-state index in [1.807, 2.05) is 0 Å². The van der Waals surface area contributed by atoms with Crippen molar-refractivity contribution in [2.45, 2.75) is 37.4 Å².